The van der Waals surface area contributed by atoms with Crippen molar-refractivity contribution in [2.24, 2.45) is 11.3 Å². The van der Waals surface area contributed by atoms with Crippen LogP contribution < -0.4 is 15.6 Å². The number of aromatic nitrogens is 2. The van der Waals surface area contributed by atoms with Gasteiger partial charge in [0.05, 0.1) is 17.7 Å². The van der Waals surface area contributed by atoms with Gasteiger partial charge in [-0.05, 0) is 37.5 Å². The molecule has 1 aromatic carbocycles. The van der Waals surface area contributed by atoms with Crippen molar-refractivity contribution in [3.05, 3.63) is 63.7 Å². The summed E-state index contributed by atoms with van der Waals surface area (Å²) in [6.07, 6.45) is 1.97. The van der Waals surface area contributed by atoms with Crippen LogP contribution in [0, 0.1) is 28.8 Å². The van der Waals surface area contributed by atoms with E-state index in [1.165, 1.54) is 6.92 Å². The van der Waals surface area contributed by atoms with Gasteiger partial charge in [-0.25, -0.2) is 22.9 Å². The second-order valence-electron chi connectivity index (χ2n) is 9.28. The smallest absolute Gasteiger partial charge is 0.343 e. The molecule has 1 aliphatic carbocycles. The zero-order valence-electron chi connectivity index (χ0n) is 19.6. The quantitative estimate of drug-likeness (QED) is 0.524. The van der Waals surface area contributed by atoms with Gasteiger partial charge in [0.25, 0.3) is 0 Å². The van der Waals surface area contributed by atoms with E-state index in [-0.39, 0.29) is 46.4 Å². The summed E-state index contributed by atoms with van der Waals surface area (Å²) in [7, 11) is 0. The number of fused-ring (bicyclic) bond motifs is 2. The first-order chi connectivity index (χ1) is 17.1. The molecule has 8 nitrogen and oxygen atoms in total. The summed E-state index contributed by atoms with van der Waals surface area (Å²) in [6.45, 7) is 4.40. The molecule has 188 valence electrons. The second kappa shape index (κ2) is 8.65. The molecule has 1 aliphatic heterocycles. The van der Waals surface area contributed by atoms with Crippen molar-refractivity contribution in [2.45, 2.75) is 20.3 Å². The molecule has 2 atom stereocenters. The van der Waals surface area contributed by atoms with Gasteiger partial charge in [0.2, 0.25) is 11.3 Å². The van der Waals surface area contributed by atoms with Gasteiger partial charge in [-0.15, -0.1) is 0 Å². The Morgan fingerprint density at radius 2 is 2.00 bits per heavy atom. The van der Waals surface area contributed by atoms with Crippen LogP contribution >= 0.6 is 0 Å². The minimum absolute atomic E-state index is 0.0108. The second-order valence-corrected chi connectivity index (χ2v) is 9.28. The lowest BCUT2D eigenvalue weighted by molar-refractivity contribution is -0.119. The molecule has 1 saturated heterocycles. The number of halogens is 3. The Morgan fingerprint density at radius 3 is 2.69 bits per heavy atom. The number of hydrogen-bond acceptors (Lipinski definition) is 6. The fourth-order valence-electron chi connectivity index (χ4n) is 4.98. The molecular formula is C25H23F3N4O4. The third-order valence-corrected chi connectivity index (χ3v) is 6.87. The fourth-order valence-corrected chi connectivity index (χ4v) is 4.98. The standard InChI is InChI=1S/C25H23F3N4O4/c1-3-36-24(35)17-10-32(20-5-4-15(26)6-18(20)27)22-16(21(17)34)7-19(28)23(30-22)31-9-14-8-25(14,12-31)11-29-13(2)33/h4-7,10,14H,3,8-9,11-12H2,1-2H3,(H,29,33). The highest BCUT2D eigenvalue weighted by Crippen LogP contribution is 2.58. The molecule has 0 spiro atoms. The number of piperidine rings is 1. The van der Waals surface area contributed by atoms with Crippen LogP contribution in [0.3, 0.4) is 0 Å². The van der Waals surface area contributed by atoms with Crippen molar-refractivity contribution >= 4 is 28.7 Å². The molecule has 0 radical (unpaired) electrons. The summed E-state index contributed by atoms with van der Waals surface area (Å²) in [4.78, 5) is 43.0. The van der Waals surface area contributed by atoms with Crippen LogP contribution in [0.5, 0.6) is 0 Å². The number of carbonyl (C=O) groups excluding carboxylic acids is 2. The van der Waals surface area contributed by atoms with Crippen LogP contribution in [0.15, 0.2) is 35.3 Å². The van der Waals surface area contributed by atoms with E-state index < -0.39 is 34.4 Å². The molecule has 2 aliphatic rings. The number of benzene rings is 1. The van der Waals surface area contributed by atoms with Crippen molar-refractivity contribution in [2.75, 3.05) is 31.1 Å². The molecule has 2 unspecified atom stereocenters. The van der Waals surface area contributed by atoms with Gasteiger partial charge < -0.3 is 15.0 Å². The highest BCUT2D eigenvalue weighted by atomic mass is 19.1. The summed E-state index contributed by atoms with van der Waals surface area (Å²) in [6, 6.07) is 3.80. The van der Waals surface area contributed by atoms with Crippen molar-refractivity contribution in [1.29, 1.82) is 0 Å². The van der Waals surface area contributed by atoms with Crippen LogP contribution in [-0.4, -0.2) is 47.7 Å². The predicted octanol–water partition coefficient (Wildman–Crippen LogP) is 2.94. The molecule has 1 saturated carbocycles. The zero-order valence-corrected chi connectivity index (χ0v) is 19.6. The number of hydrogen-bond donors (Lipinski definition) is 1. The summed E-state index contributed by atoms with van der Waals surface area (Å²) in [5.41, 5.74) is -1.69. The van der Waals surface area contributed by atoms with E-state index in [9.17, 15) is 23.2 Å². The van der Waals surface area contributed by atoms with E-state index >= 15 is 4.39 Å². The van der Waals surface area contributed by atoms with Gasteiger partial charge in [-0.3, -0.25) is 14.2 Å². The molecular weight excluding hydrogens is 477 g/mol. The molecule has 2 fully saturated rings. The Kier molecular flexibility index (Phi) is 5.73. The number of pyridine rings is 2. The molecule has 11 heteroatoms. The van der Waals surface area contributed by atoms with E-state index in [4.69, 9.17) is 4.74 Å². The average Bonchev–Trinajstić information content (AvgIpc) is 3.38. The fraction of sp³-hybridized carbons (Fsp3) is 0.360. The van der Waals surface area contributed by atoms with E-state index in [0.717, 1.165) is 35.4 Å². The Morgan fingerprint density at radius 1 is 1.22 bits per heavy atom. The number of amides is 1. The lowest BCUT2D eigenvalue weighted by Gasteiger charge is -2.23. The lowest BCUT2D eigenvalue weighted by Crippen LogP contribution is -2.34. The Labute approximate surface area is 203 Å². The molecule has 3 heterocycles. The van der Waals surface area contributed by atoms with Crippen LogP contribution in [0.2, 0.25) is 0 Å². The first-order valence-electron chi connectivity index (χ1n) is 11.5. The van der Waals surface area contributed by atoms with Gasteiger partial charge in [0, 0.05) is 44.2 Å². The van der Waals surface area contributed by atoms with Gasteiger partial charge in [0.15, 0.2) is 17.3 Å². The number of carbonyl (C=O) groups is 2. The van der Waals surface area contributed by atoms with Crippen LogP contribution in [0.1, 0.15) is 30.6 Å². The van der Waals surface area contributed by atoms with E-state index in [1.54, 1.807) is 11.8 Å². The molecule has 0 bridgehead atoms. The Balaban J connectivity index is 1.65. The minimum atomic E-state index is -0.959. The SMILES string of the molecule is CCOC(=O)c1cn(-c2ccc(F)cc2F)c2nc(N3CC4CC4(CNC(C)=O)C3)c(F)cc2c1=O. The highest BCUT2D eigenvalue weighted by molar-refractivity contribution is 5.94. The molecule has 2 aromatic heterocycles. The number of nitrogens with one attached hydrogen (secondary N) is 1. The number of esters is 1. The van der Waals surface area contributed by atoms with Gasteiger partial charge in [-0.1, -0.05) is 0 Å². The van der Waals surface area contributed by atoms with Crippen molar-refractivity contribution < 1.29 is 27.5 Å². The van der Waals surface area contributed by atoms with E-state index in [0.29, 0.717) is 25.7 Å². The Hall–Kier alpha value is -3.89. The lowest BCUT2D eigenvalue weighted by atomic mass is 10.1. The maximum atomic E-state index is 15.3. The minimum Gasteiger partial charge on any atom is -0.462 e. The van der Waals surface area contributed by atoms with Gasteiger partial charge in [-0.2, -0.15) is 0 Å². The maximum absolute atomic E-state index is 15.3. The molecule has 3 aromatic rings. The Bertz CT molecular complexity index is 1470. The van der Waals surface area contributed by atoms with Crippen LogP contribution in [-0.2, 0) is 9.53 Å². The predicted molar refractivity (Wildman–Crippen MR) is 125 cm³/mol. The number of ether oxygens (including phenoxy) is 1. The number of rotatable bonds is 6. The third-order valence-electron chi connectivity index (χ3n) is 6.87. The first-order valence-corrected chi connectivity index (χ1v) is 11.5. The zero-order chi connectivity index (χ0) is 25.8. The van der Waals surface area contributed by atoms with E-state index in [2.05, 4.69) is 10.3 Å². The third kappa shape index (κ3) is 3.98. The van der Waals surface area contributed by atoms with Crippen molar-refractivity contribution in [1.82, 2.24) is 14.9 Å². The summed E-state index contributed by atoms with van der Waals surface area (Å²) >= 11 is 0. The largest absolute Gasteiger partial charge is 0.462 e. The molecule has 5 rings (SSSR count). The molecule has 1 N–H and O–H groups in total. The summed E-state index contributed by atoms with van der Waals surface area (Å²) in [5.74, 6) is -3.42. The monoisotopic (exact) mass is 500 g/mol. The number of anilines is 1. The molecule has 1 amide bonds. The van der Waals surface area contributed by atoms with Crippen molar-refractivity contribution in [3.63, 3.8) is 0 Å². The average molecular weight is 500 g/mol. The number of nitrogens with zero attached hydrogens (tertiary/aromatic N) is 3. The highest BCUT2D eigenvalue weighted by Gasteiger charge is 2.60. The normalized spacial score (nSPS) is 20.4. The van der Waals surface area contributed by atoms with Crippen LogP contribution in [0.4, 0.5) is 19.0 Å². The topological polar surface area (TPSA) is 93.5 Å². The van der Waals surface area contributed by atoms with E-state index in [1.807, 2.05) is 0 Å². The maximum Gasteiger partial charge on any atom is 0.343 e. The summed E-state index contributed by atoms with van der Waals surface area (Å²) in [5, 5.41) is 2.57. The van der Waals surface area contributed by atoms with Gasteiger partial charge >= 0.3 is 5.97 Å². The van der Waals surface area contributed by atoms with Crippen molar-refractivity contribution in [3.8, 4) is 5.69 Å². The first kappa shape index (κ1) is 23.8. The molecule has 36 heavy (non-hydrogen) atoms. The van der Waals surface area contributed by atoms with Gasteiger partial charge in [0.1, 0.15) is 17.2 Å². The van der Waals surface area contributed by atoms with Crippen LogP contribution in [0.25, 0.3) is 16.7 Å². The summed E-state index contributed by atoms with van der Waals surface area (Å²) < 4.78 is 49.8.